The van der Waals surface area contributed by atoms with Crippen molar-refractivity contribution in [1.82, 2.24) is 10.1 Å². The van der Waals surface area contributed by atoms with Crippen LogP contribution >= 0.6 is 0 Å². The van der Waals surface area contributed by atoms with Gasteiger partial charge < -0.3 is 9.84 Å². The standard InChI is InChI=1S/C11H19N3O/c1-3-9-6-4-5-7-10(9)13-11-12-8(2)14-15-11/h9-10H,3-7H2,1-2H3,(H,12,13,14). The van der Waals surface area contributed by atoms with Gasteiger partial charge >= 0.3 is 6.01 Å². The first-order chi connectivity index (χ1) is 7.29. The smallest absolute Gasteiger partial charge is 0.321 e. The summed E-state index contributed by atoms with van der Waals surface area (Å²) < 4.78 is 5.09. The van der Waals surface area contributed by atoms with Gasteiger partial charge in [0.2, 0.25) is 0 Å². The number of aryl methyl sites for hydroxylation is 1. The van der Waals surface area contributed by atoms with Crippen molar-refractivity contribution in [3.8, 4) is 0 Å². The zero-order valence-corrected chi connectivity index (χ0v) is 9.49. The Kier molecular flexibility index (Phi) is 3.23. The van der Waals surface area contributed by atoms with Gasteiger partial charge in [-0.25, -0.2) is 0 Å². The van der Waals surface area contributed by atoms with Crippen molar-refractivity contribution < 1.29 is 4.52 Å². The van der Waals surface area contributed by atoms with Crippen molar-refractivity contribution in [3.63, 3.8) is 0 Å². The van der Waals surface area contributed by atoms with Crippen molar-refractivity contribution in [1.29, 1.82) is 0 Å². The van der Waals surface area contributed by atoms with Crippen LogP contribution in [0.3, 0.4) is 0 Å². The SMILES string of the molecule is CCC1CCCCC1Nc1nc(C)no1. The van der Waals surface area contributed by atoms with E-state index in [1.165, 1.54) is 32.1 Å². The summed E-state index contributed by atoms with van der Waals surface area (Å²) in [4.78, 5) is 4.18. The van der Waals surface area contributed by atoms with Crippen LogP contribution < -0.4 is 5.32 Å². The lowest BCUT2D eigenvalue weighted by atomic mass is 9.83. The number of anilines is 1. The molecular formula is C11H19N3O. The lowest BCUT2D eigenvalue weighted by Gasteiger charge is -2.30. The third-order valence-electron chi connectivity index (χ3n) is 3.27. The van der Waals surface area contributed by atoms with Crippen LogP contribution in [0.15, 0.2) is 4.52 Å². The monoisotopic (exact) mass is 209 g/mol. The van der Waals surface area contributed by atoms with Crippen LogP contribution in [0.25, 0.3) is 0 Å². The van der Waals surface area contributed by atoms with Crippen molar-refractivity contribution in [2.24, 2.45) is 5.92 Å². The topological polar surface area (TPSA) is 51.0 Å². The largest absolute Gasteiger partial charge is 0.335 e. The molecule has 1 fully saturated rings. The van der Waals surface area contributed by atoms with E-state index >= 15 is 0 Å². The first-order valence-electron chi connectivity index (χ1n) is 5.86. The van der Waals surface area contributed by atoms with E-state index in [-0.39, 0.29) is 0 Å². The molecule has 0 saturated heterocycles. The van der Waals surface area contributed by atoms with Gasteiger partial charge in [0.05, 0.1) is 0 Å². The molecule has 0 spiro atoms. The molecule has 1 aliphatic rings. The Morgan fingerprint density at radius 1 is 1.40 bits per heavy atom. The number of nitrogens with zero attached hydrogens (tertiary/aromatic N) is 2. The lowest BCUT2D eigenvalue weighted by molar-refractivity contribution is 0.308. The van der Waals surface area contributed by atoms with Crippen LogP contribution in [-0.4, -0.2) is 16.2 Å². The average molecular weight is 209 g/mol. The van der Waals surface area contributed by atoms with Gasteiger partial charge in [-0.05, 0) is 25.7 Å². The molecule has 1 saturated carbocycles. The van der Waals surface area contributed by atoms with Gasteiger partial charge in [0.15, 0.2) is 5.82 Å². The number of nitrogens with one attached hydrogen (secondary N) is 1. The molecule has 2 unspecified atom stereocenters. The Morgan fingerprint density at radius 3 is 2.87 bits per heavy atom. The number of hydrogen-bond acceptors (Lipinski definition) is 4. The number of aromatic nitrogens is 2. The Labute approximate surface area is 90.4 Å². The molecule has 1 aromatic heterocycles. The maximum absolute atomic E-state index is 5.09. The van der Waals surface area contributed by atoms with Crippen molar-refractivity contribution in [2.75, 3.05) is 5.32 Å². The third-order valence-corrected chi connectivity index (χ3v) is 3.27. The molecule has 2 atom stereocenters. The van der Waals surface area contributed by atoms with E-state index in [1.54, 1.807) is 0 Å². The first kappa shape index (κ1) is 10.5. The maximum Gasteiger partial charge on any atom is 0.321 e. The lowest BCUT2D eigenvalue weighted by Crippen LogP contribution is -2.31. The quantitative estimate of drug-likeness (QED) is 0.831. The summed E-state index contributed by atoms with van der Waals surface area (Å²) in [6.45, 7) is 4.09. The van der Waals surface area contributed by atoms with E-state index in [0.29, 0.717) is 17.9 Å². The number of rotatable bonds is 3. The third kappa shape index (κ3) is 2.49. The minimum Gasteiger partial charge on any atom is -0.335 e. The van der Waals surface area contributed by atoms with E-state index in [2.05, 4.69) is 22.4 Å². The average Bonchev–Trinajstić information content (AvgIpc) is 2.65. The van der Waals surface area contributed by atoms with Crippen LogP contribution in [0.5, 0.6) is 0 Å². The van der Waals surface area contributed by atoms with Crippen molar-refractivity contribution >= 4 is 6.01 Å². The van der Waals surface area contributed by atoms with E-state index in [9.17, 15) is 0 Å². The maximum atomic E-state index is 5.09. The van der Waals surface area contributed by atoms with Crippen molar-refractivity contribution in [2.45, 2.75) is 52.0 Å². The Bertz CT molecular complexity index is 311. The normalized spacial score (nSPS) is 26.5. The fraction of sp³-hybridized carbons (Fsp3) is 0.818. The molecule has 1 heterocycles. The van der Waals surface area contributed by atoms with Crippen LogP contribution in [0, 0.1) is 12.8 Å². The molecule has 15 heavy (non-hydrogen) atoms. The molecule has 0 aromatic carbocycles. The first-order valence-corrected chi connectivity index (χ1v) is 5.86. The fourth-order valence-corrected chi connectivity index (χ4v) is 2.40. The summed E-state index contributed by atoms with van der Waals surface area (Å²) in [5, 5.41) is 7.15. The second kappa shape index (κ2) is 4.64. The summed E-state index contributed by atoms with van der Waals surface area (Å²) in [5.74, 6) is 1.45. The van der Waals surface area contributed by atoms with Crippen LogP contribution in [-0.2, 0) is 0 Å². The molecule has 0 aliphatic heterocycles. The molecular weight excluding hydrogens is 190 g/mol. The number of hydrogen-bond donors (Lipinski definition) is 1. The highest BCUT2D eigenvalue weighted by Gasteiger charge is 2.24. The van der Waals surface area contributed by atoms with E-state index < -0.39 is 0 Å². The Balaban J connectivity index is 1.97. The van der Waals surface area contributed by atoms with E-state index in [1.807, 2.05) is 6.92 Å². The van der Waals surface area contributed by atoms with Crippen LogP contribution in [0.4, 0.5) is 6.01 Å². The zero-order valence-electron chi connectivity index (χ0n) is 9.49. The van der Waals surface area contributed by atoms with Gasteiger partial charge in [0, 0.05) is 6.04 Å². The summed E-state index contributed by atoms with van der Waals surface area (Å²) in [5.41, 5.74) is 0. The second-order valence-corrected chi connectivity index (χ2v) is 4.35. The summed E-state index contributed by atoms with van der Waals surface area (Å²) >= 11 is 0. The van der Waals surface area contributed by atoms with Gasteiger partial charge in [0.25, 0.3) is 0 Å². The van der Waals surface area contributed by atoms with Crippen molar-refractivity contribution in [3.05, 3.63) is 5.82 Å². The Morgan fingerprint density at radius 2 is 2.20 bits per heavy atom. The predicted molar refractivity (Wildman–Crippen MR) is 58.7 cm³/mol. The van der Waals surface area contributed by atoms with Gasteiger partial charge in [-0.1, -0.05) is 31.3 Å². The highest BCUT2D eigenvalue weighted by atomic mass is 16.5. The molecule has 4 nitrogen and oxygen atoms in total. The minimum absolute atomic E-state index is 0.517. The Hall–Kier alpha value is -1.06. The molecule has 0 bridgehead atoms. The molecule has 1 aliphatic carbocycles. The molecule has 84 valence electrons. The highest BCUT2D eigenvalue weighted by Crippen LogP contribution is 2.28. The summed E-state index contributed by atoms with van der Waals surface area (Å²) in [7, 11) is 0. The summed E-state index contributed by atoms with van der Waals surface area (Å²) in [6, 6.07) is 1.10. The van der Waals surface area contributed by atoms with Crippen LogP contribution in [0.2, 0.25) is 0 Å². The van der Waals surface area contributed by atoms with Gasteiger partial charge in [-0.2, -0.15) is 4.98 Å². The molecule has 0 radical (unpaired) electrons. The van der Waals surface area contributed by atoms with E-state index in [4.69, 9.17) is 4.52 Å². The predicted octanol–water partition coefficient (Wildman–Crippen LogP) is 2.76. The highest BCUT2D eigenvalue weighted by molar-refractivity contribution is 5.21. The molecule has 4 heteroatoms. The molecule has 1 N–H and O–H groups in total. The summed E-state index contributed by atoms with van der Waals surface area (Å²) in [6.07, 6.45) is 6.44. The zero-order chi connectivity index (χ0) is 10.7. The molecule has 2 rings (SSSR count). The van der Waals surface area contributed by atoms with E-state index in [0.717, 1.165) is 5.92 Å². The second-order valence-electron chi connectivity index (χ2n) is 4.35. The minimum atomic E-state index is 0.517. The molecule has 1 aromatic rings. The van der Waals surface area contributed by atoms with Gasteiger partial charge in [-0.15, -0.1) is 0 Å². The van der Waals surface area contributed by atoms with Gasteiger partial charge in [0.1, 0.15) is 0 Å². The molecule has 0 amide bonds. The van der Waals surface area contributed by atoms with Crippen LogP contribution in [0.1, 0.15) is 44.9 Å². The fourth-order valence-electron chi connectivity index (χ4n) is 2.40. The van der Waals surface area contributed by atoms with Gasteiger partial charge in [-0.3, -0.25) is 0 Å².